The molecule has 0 bridgehead atoms. The zero-order chi connectivity index (χ0) is 25.6. The molecule has 1 aliphatic carbocycles. The number of fused-ring (bicyclic) bond motifs is 3. The Hall–Kier alpha value is -3.35. The Balaban J connectivity index is 1.67. The van der Waals surface area contributed by atoms with Gasteiger partial charge in [0.1, 0.15) is 12.6 Å². The van der Waals surface area contributed by atoms with Gasteiger partial charge in [-0.25, -0.2) is 4.79 Å². The number of carbonyl (C=O) groups excluding carboxylic acids is 2. The SMILES string of the molecule is CCCC[C@@H](CC(=O)O)NC(=O)[C@H](NC(=O)OCC1c2ccccc2-c2ccccc21)C(C)(C)C. The summed E-state index contributed by atoms with van der Waals surface area (Å²) in [6.07, 6.45) is 1.43. The molecule has 0 spiro atoms. The molecule has 0 heterocycles. The first kappa shape index (κ1) is 26.3. The van der Waals surface area contributed by atoms with Gasteiger partial charge in [0, 0.05) is 12.0 Å². The molecule has 2 aromatic rings. The number of hydrogen-bond donors (Lipinski definition) is 3. The van der Waals surface area contributed by atoms with Gasteiger partial charge in [-0.15, -0.1) is 0 Å². The van der Waals surface area contributed by atoms with Crippen molar-refractivity contribution in [3.8, 4) is 11.1 Å². The normalized spacial score (nSPS) is 14.4. The summed E-state index contributed by atoms with van der Waals surface area (Å²) in [5, 5.41) is 14.8. The number of carboxylic acid groups (broad SMARTS) is 1. The second-order valence-corrected chi connectivity index (χ2v) is 10.2. The first-order chi connectivity index (χ1) is 16.6. The third kappa shape index (κ3) is 6.62. The van der Waals surface area contributed by atoms with Crippen molar-refractivity contribution in [1.82, 2.24) is 10.6 Å². The predicted molar refractivity (Wildman–Crippen MR) is 135 cm³/mol. The monoisotopic (exact) mass is 480 g/mol. The van der Waals surface area contributed by atoms with E-state index in [2.05, 4.69) is 22.8 Å². The number of unbranched alkanes of at least 4 members (excludes halogenated alkanes) is 1. The molecule has 0 radical (unpaired) electrons. The molecule has 188 valence electrons. The Morgan fingerprint density at radius 2 is 1.54 bits per heavy atom. The van der Waals surface area contributed by atoms with Crippen LogP contribution in [0.5, 0.6) is 0 Å². The average molecular weight is 481 g/mol. The van der Waals surface area contributed by atoms with Crippen LogP contribution in [0, 0.1) is 5.41 Å². The summed E-state index contributed by atoms with van der Waals surface area (Å²) in [7, 11) is 0. The van der Waals surface area contributed by atoms with Crippen LogP contribution in [-0.4, -0.2) is 41.8 Å². The highest BCUT2D eigenvalue weighted by atomic mass is 16.5. The molecule has 0 aromatic heterocycles. The van der Waals surface area contributed by atoms with Crippen molar-refractivity contribution in [3.05, 3.63) is 59.7 Å². The van der Waals surface area contributed by atoms with E-state index in [1.807, 2.05) is 64.1 Å². The summed E-state index contributed by atoms with van der Waals surface area (Å²) < 4.78 is 5.63. The molecule has 7 heteroatoms. The van der Waals surface area contributed by atoms with E-state index in [4.69, 9.17) is 4.74 Å². The van der Waals surface area contributed by atoms with Crippen molar-refractivity contribution < 1.29 is 24.2 Å². The minimum absolute atomic E-state index is 0.0796. The Kier molecular flexibility index (Phi) is 8.54. The Labute approximate surface area is 207 Å². The van der Waals surface area contributed by atoms with E-state index in [9.17, 15) is 19.5 Å². The van der Waals surface area contributed by atoms with Crippen LogP contribution >= 0.6 is 0 Å². The Morgan fingerprint density at radius 3 is 2.06 bits per heavy atom. The molecule has 3 N–H and O–H groups in total. The highest BCUT2D eigenvalue weighted by Crippen LogP contribution is 2.44. The quantitative estimate of drug-likeness (QED) is 0.439. The summed E-state index contributed by atoms with van der Waals surface area (Å²) in [6, 6.07) is 14.8. The zero-order valence-corrected chi connectivity index (χ0v) is 21.0. The number of hydrogen-bond acceptors (Lipinski definition) is 4. The van der Waals surface area contributed by atoms with Gasteiger partial charge in [-0.3, -0.25) is 9.59 Å². The van der Waals surface area contributed by atoms with Crippen molar-refractivity contribution in [2.45, 2.75) is 71.4 Å². The van der Waals surface area contributed by atoms with Gasteiger partial charge in [0.05, 0.1) is 6.42 Å². The Bertz CT molecular complexity index is 1010. The molecular weight excluding hydrogens is 444 g/mol. The molecule has 0 unspecified atom stereocenters. The van der Waals surface area contributed by atoms with Gasteiger partial charge in [0.15, 0.2) is 0 Å². The average Bonchev–Trinajstić information content (AvgIpc) is 3.12. The van der Waals surface area contributed by atoms with Gasteiger partial charge in [-0.2, -0.15) is 0 Å². The first-order valence-corrected chi connectivity index (χ1v) is 12.3. The topological polar surface area (TPSA) is 105 Å². The minimum Gasteiger partial charge on any atom is -0.481 e. The molecule has 2 atom stereocenters. The number of aliphatic carboxylic acids is 1. The number of rotatable bonds is 10. The number of carbonyl (C=O) groups is 3. The van der Waals surface area contributed by atoms with Gasteiger partial charge >= 0.3 is 12.1 Å². The highest BCUT2D eigenvalue weighted by molar-refractivity contribution is 5.87. The molecule has 0 saturated carbocycles. The van der Waals surface area contributed by atoms with Crippen molar-refractivity contribution in [2.24, 2.45) is 5.41 Å². The van der Waals surface area contributed by atoms with E-state index in [1.54, 1.807) is 0 Å². The minimum atomic E-state index is -0.969. The molecule has 3 rings (SSSR count). The summed E-state index contributed by atoms with van der Waals surface area (Å²) in [6.45, 7) is 7.70. The van der Waals surface area contributed by atoms with E-state index in [-0.39, 0.29) is 18.9 Å². The highest BCUT2D eigenvalue weighted by Gasteiger charge is 2.35. The number of ether oxygens (including phenoxy) is 1. The van der Waals surface area contributed by atoms with E-state index in [1.165, 1.54) is 0 Å². The van der Waals surface area contributed by atoms with Crippen molar-refractivity contribution in [1.29, 1.82) is 0 Å². The molecule has 0 saturated heterocycles. The fourth-order valence-corrected chi connectivity index (χ4v) is 4.60. The van der Waals surface area contributed by atoms with Gasteiger partial charge < -0.3 is 20.5 Å². The zero-order valence-electron chi connectivity index (χ0n) is 21.0. The molecule has 7 nitrogen and oxygen atoms in total. The van der Waals surface area contributed by atoms with Crippen molar-refractivity contribution in [2.75, 3.05) is 6.61 Å². The number of carboxylic acids is 1. The third-order valence-corrected chi connectivity index (χ3v) is 6.41. The Morgan fingerprint density at radius 1 is 0.971 bits per heavy atom. The molecule has 1 aliphatic rings. The van der Waals surface area contributed by atoms with Crippen LogP contribution < -0.4 is 10.6 Å². The predicted octanol–water partition coefficient (Wildman–Crippen LogP) is 5.09. The maximum atomic E-state index is 13.1. The second kappa shape index (κ2) is 11.4. The van der Waals surface area contributed by atoms with E-state index in [0.717, 1.165) is 35.1 Å². The van der Waals surface area contributed by atoms with Crippen LogP contribution in [0.15, 0.2) is 48.5 Å². The standard InChI is InChI=1S/C28H36N2O5/c1-5-6-11-18(16-24(31)32)29-26(33)25(28(2,3)4)30-27(34)35-17-23-21-14-9-7-12-19(21)20-13-8-10-15-22(20)23/h7-10,12-15,18,23,25H,5-6,11,16-17H2,1-4H3,(H,29,33)(H,30,34)(H,31,32)/t18-,25-/m0/s1. The summed E-state index contributed by atoms with van der Waals surface area (Å²) in [4.78, 5) is 37.2. The molecule has 35 heavy (non-hydrogen) atoms. The molecule has 2 aromatic carbocycles. The number of benzene rings is 2. The number of nitrogens with one attached hydrogen (secondary N) is 2. The fraction of sp³-hybridized carbons (Fsp3) is 0.464. The second-order valence-electron chi connectivity index (χ2n) is 10.2. The molecular formula is C28H36N2O5. The van der Waals surface area contributed by atoms with E-state index >= 15 is 0 Å². The van der Waals surface area contributed by atoms with Gasteiger partial charge in [0.25, 0.3) is 0 Å². The molecule has 2 amide bonds. The molecule has 0 fully saturated rings. The number of amides is 2. The summed E-state index contributed by atoms with van der Waals surface area (Å²) in [5.74, 6) is -1.46. The maximum absolute atomic E-state index is 13.1. The van der Waals surface area contributed by atoms with E-state index in [0.29, 0.717) is 6.42 Å². The largest absolute Gasteiger partial charge is 0.481 e. The number of alkyl carbamates (subject to hydrolysis) is 1. The fourth-order valence-electron chi connectivity index (χ4n) is 4.60. The van der Waals surface area contributed by atoms with Gasteiger partial charge in [0.2, 0.25) is 5.91 Å². The lowest BCUT2D eigenvalue weighted by atomic mass is 9.86. The van der Waals surface area contributed by atoms with Crippen LogP contribution in [0.25, 0.3) is 11.1 Å². The van der Waals surface area contributed by atoms with Crippen LogP contribution in [0.4, 0.5) is 4.79 Å². The van der Waals surface area contributed by atoms with E-state index < -0.39 is 35.5 Å². The smallest absolute Gasteiger partial charge is 0.407 e. The van der Waals surface area contributed by atoms with Crippen LogP contribution in [0.2, 0.25) is 0 Å². The molecule has 0 aliphatic heterocycles. The third-order valence-electron chi connectivity index (χ3n) is 6.41. The van der Waals surface area contributed by atoms with Crippen molar-refractivity contribution in [3.63, 3.8) is 0 Å². The summed E-state index contributed by atoms with van der Waals surface area (Å²) in [5.41, 5.74) is 3.90. The van der Waals surface area contributed by atoms with Crippen molar-refractivity contribution >= 4 is 18.0 Å². The lowest BCUT2D eigenvalue weighted by Gasteiger charge is -2.31. The summed E-state index contributed by atoms with van der Waals surface area (Å²) >= 11 is 0. The van der Waals surface area contributed by atoms with Gasteiger partial charge in [-0.1, -0.05) is 89.1 Å². The van der Waals surface area contributed by atoms with Gasteiger partial charge in [-0.05, 0) is 34.1 Å². The maximum Gasteiger partial charge on any atom is 0.407 e. The van der Waals surface area contributed by atoms with Crippen LogP contribution in [0.1, 0.15) is 70.4 Å². The lowest BCUT2D eigenvalue weighted by Crippen LogP contribution is -2.55. The van der Waals surface area contributed by atoms with Crippen LogP contribution in [0.3, 0.4) is 0 Å². The van der Waals surface area contributed by atoms with Crippen LogP contribution in [-0.2, 0) is 14.3 Å². The lowest BCUT2D eigenvalue weighted by molar-refractivity contribution is -0.138. The first-order valence-electron chi connectivity index (χ1n) is 12.3.